The van der Waals surface area contributed by atoms with E-state index in [9.17, 15) is 24.0 Å². The van der Waals surface area contributed by atoms with Crippen molar-refractivity contribution in [2.45, 2.75) is 33.3 Å². The molecule has 0 saturated carbocycles. The molecule has 0 saturated heterocycles. The number of rotatable bonds is 8. The van der Waals surface area contributed by atoms with Crippen LogP contribution >= 0.6 is 11.3 Å². The van der Waals surface area contributed by atoms with Gasteiger partial charge in [-0.2, -0.15) is 0 Å². The van der Waals surface area contributed by atoms with Crippen LogP contribution in [0.5, 0.6) is 0 Å². The van der Waals surface area contributed by atoms with Gasteiger partial charge in [0.2, 0.25) is 0 Å². The van der Waals surface area contributed by atoms with Crippen molar-refractivity contribution in [3.8, 4) is 0 Å². The number of fused-ring (bicyclic) bond motifs is 1. The molecule has 11 heteroatoms. The zero-order valence-corrected chi connectivity index (χ0v) is 18.5. The number of carbonyl (C=O) groups excluding carboxylic acids is 5. The van der Waals surface area contributed by atoms with Gasteiger partial charge in [0.1, 0.15) is 11.4 Å². The van der Waals surface area contributed by atoms with Gasteiger partial charge in [-0.1, -0.05) is 30.4 Å². The molecule has 0 fully saturated rings. The Labute approximate surface area is 187 Å². The second kappa shape index (κ2) is 9.69. The molecular weight excluding hydrogens is 438 g/mol. The molecule has 0 aliphatic carbocycles. The normalized spacial score (nSPS) is 13.5. The summed E-state index contributed by atoms with van der Waals surface area (Å²) >= 11 is 0.953. The van der Waals surface area contributed by atoms with Crippen LogP contribution < -0.4 is 10.2 Å². The molecule has 3 rings (SSSR count). The summed E-state index contributed by atoms with van der Waals surface area (Å²) in [5, 5.41) is 2.70. The van der Waals surface area contributed by atoms with E-state index in [2.05, 4.69) is 10.3 Å². The minimum Gasteiger partial charge on any atom is -0.462 e. The molecule has 0 unspecified atom stereocenters. The molecule has 168 valence electrons. The SMILES string of the molecule is CCOC(=O)c1sc(NC(=O)[C@H](CC)OC(=O)CN2C(=O)C(=O)c3ccccc32)nc1C. The fourth-order valence-electron chi connectivity index (χ4n) is 3.07. The average molecular weight is 459 g/mol. The maximum Gasteiger partial charge on any atom is 0.350 e. The number of nitrogens with one attached hydrogen (secondary N) is 1. The summed E-state index contributed by atoms with van der Waals surface area (Å²) < 4.78 is 10.2. The Morgan fingerprint density at radius 2 is 1.91 bits per heavy atom. The van der Waals surface area contributed by atoms with E-state index in [1.54, 1.807) is 39.0 Å². The number of aryl methyl sites for hydroxylation is 1. The molecular formula is C21H21N3O7S. The lowest BCUT2D eigenvalue weighted by molar-refractivity contribution is -0.153. The number of Topliss-reactive ketones (excluding diaryl/α,β-unsaturated/α-hetero) is 1. The van der Waals surface area contributed by atoms with Crippen LogP contribution in [0.2, 0.25) is 0 Å². The van der Waals surface area contributed by atoms with Gasteiger partial charge in [0.05, 0.1) is 23.6 Å². The van der Waals surface area contributed by atoms with Crippen molar-refractivity contribution in [3.63, 3.8) is 0 Å². The van der Waals surface area contributed by atoms with Gasteiger partial charge in [0.25, 0.3) is 17.6 Å². The molecule has 1 aliphatic rings. The first kappa shape index (κ1) is 23.1. The monoisotopic (exact) mass is 459 g/mol. The van der Waals surface area contributed by atoms with Crippen LogP contribution in [0.1, 0.15) is 46.0 Å². The van der Waals surface area contributed by atoms with Gasteiger partial charge >= 0.3 is 11.9 Å². The number of hydrogen-bond acceptors (Lipinski definition) is 9. The third-order valence-electron chi connectivity index (χ3n) is 4.59. The largest absolute Gasteiger partial charge is 0.462 e. The molecule has 1 aromatic heterocycles. The molecule has 2 heterocycles. The van der Waals surface area contributed by atoms with E-state index in [-0.39, 0.29) is 28.6 Å². The predicted octanol–water partition coefficient (Wildman–Crippen LogP) is 2.12. The van der Waals surface area contributed by atoms with Gasteiger partial charge in [-0.05, 0) is 32.4 Å². The molecule has 1 N–H and O–H groups in total. The Balaban J connectivity index is 1.64. The lowest BCUT2D eigenvalue weighted by Crippen LogP contribution is -2.39. The van der Waals surface area contributed by atoms with Crippen molar-refractivity contribution in [2.24, 2.45) is 0 Å². The number of benzene rings is 1. The van der Waals surface area contributed by atoms with Crippen LogP contribution in [0, 0.1) is 6.92 Å². The highest BCUT2D eigenvalue weighted by Crippen LogP contribution is 2.28. The Morgan fingerprint density at radius 3 is 2.59 bits per heavy atom. The van der Waals surface area contributed by atoms with Crippen molar-refractivity contribution in [1.29, 1.82) is 0 Å². The Hall–Kier alpha value is -3.60. The second-order valence-electron chi connectivity index (χ2n) is 6.77. The first-order chi connectivity index (χ1) is 15.3. The molecule has 0 bridgehead atoms. The molecule has 1 aliphatic heterocycles. The third-order valence-corrected chi connectivity index (χ3v) is 5.64. The summed E-state index contributed by atoms with van der Waals surface area (Å²) in [4.78, 5) is 66.6. The highest BCUT2D eigenvalue weighted by Gasteiger charge is 2.37. The van der Waals surface area contributed by atoms with E-state index in [0.717, 1.165) is 16.2 Å². The van der Waals surface area contributed by atoms with Gasteiger partial charge in [-0.15, -0.1) is 0 Å². The van der Waals surface area contributed by atoms with E-state index in [1.807, 2.05) is 0 Å². The van der Waals surface area contributed by atoms with Gasteiger partial charge < -0.3 is 9.47 Å². The van der Waals surface area contributed by atoms with E-state index in [4.69, 9.17) is 9.47 Å². The Morgan fingerprint density at radius 1 is 1.19 bits per heavy atom. The van der Waals surface area contributed by atoms with Crippen molar-refractivity contribution in [3.05, 3.63) is 40.4 Å². The van der Waals surface area contributed by atoms with E-state index >= 15 is 0 Å². The van der Waals surface area contributed by atoms with Crippen molar-refractivity contribution < 1.29 is 33.4 Å². The summed E-state index contributed by atoms with van der Waals surface area (Å²) in [6.07, 6.45) is -0.989. The van der Waals surface area contributed by atoms with Gasteiger partial charge in [-0.25, -0.2) is 9.78 Å². The first-order valence-corrected chi connectivity index (χ1v) is 10.7. The maximum absolute atomic E-state index is 12.6. The lowest BCUT2D eigenvalue weighted by Gasteiger charge is -2.19. The van der Waals surface area contributed by atoms with E-state index < -0.39 is 42.2 Å². The van der Waals surface area contributed by atoms with Gasteiger partial charge in [-0.3, -0.25) is 29.4 Å². The quantitative estimate of drug-likeness (QED) is 0.469. The molecule has 2 aromatic rings. The number of carbonyl (C=O) groups is 5. The molecule has 0 radical (unpaired) electrons. The van der Waals surface area contributed by atoms with E-state index in [1.165, 1.54) is 6.07 Å². The summed E-state index contributed by atoms with van der Waals surface area (Å²) in [5.74, 6) is -3.53. The number of amides is 2. The standard InChI is InChI=1S/C21H21N3O7S/c1-4-14(18(27)23-21-22-11(3)17(32-21)20(29)30-5-2)31-15(25)10-24-13-9-7-6-8-12(13)16(26)19(24)28/h6-9,14H,4-5,10H2,1-3H3,(H,22,23,27)/t14-/m0/s1. The van der Waals surface area contributed by atoms with Crippen LogP contribution in [0.15, 0.2) is 24.3 Å². The molecule has 32 heavy (non-hydrogen) atoms. The van der Waals surface area contributed by atoms with Crippen LogP contribution in [0.4, 0.5) is 10.8 Å². The fourth-order valence-corrected chi connectivity index (χ4v) is 3.94. The highest BCUT2D eigenvalue weighted by atomic mass is 32.1. The number of hydrogen-bond donors (Lipinski definition) is 1. The summed E-state index contributed by atoms with van der Waals surface area (Å²) in [6, 6.07) is 6.33. The van der Waals surface area contributed by atoms with Crippen LogP contribution in [-0.4, -0.2) is 53.8 Å². The van der Waals surface area contributed by atoms with Crippen LogP contribution in [-0.2, 0) is 23.9 Å². The number of para-hydroxylation sites is 1. The summed E-state index contributed by atoms with van der Waals surface area (Å²) in [7, 11) is 0. The molecule has 0 spiro atoms. The summed E-state index contributed by atoms with van der Waals surface area (Å²) in [6.45, 7) is 4.65. The average Bonchev–Trinajstić information content (AvgIpc) is 3.24. The topological polar surface area (TPSA) is 132 Å². The van der Waals surface area contributed by atoms with Crippen LogP contribution in [0.25, 0.3) is 0 Å². The molecule has 1 atom stereocenters. The zero-order chi connectivity index (χ0) is 23.4. The molecule has 1 aromatic carbocycles. The Kier molecular flexibility index (Phi) is 6.98. The number of esters is 2. The number of aromatic nitrogens is 1. The first-order valence-electron chi connectivity index (χ1n) is 9.86. The maximum atomic E-state index is 12.6. The van der Waals surface area contributed by atoms with Crippen molar-refractivity contribution in [2.75, 3.05) is 23.4 Å². The fraction of sp³-hybridized carbons (Fsp3) is 0.333. The predicted molar refractivity (Wildman–Crippen MR) is 115 cm³/mol. The molecule has 10 nitrogen and oxygen atoms in total. The number of ether oxygens (including phenoxy) is 2. The smallest absolute Gasteiger partial charge is 0.350 e. The third kappa shape index (κ3) is 4.67. The number of nitrogens with zero attached hydrogens (tertiary/aromatic N) is 2. The lowest BCUT2D eigenvalue weighted by atomic mass is 10.1. The number of thiazole rings is 1. The van der Waals surface area contributed by atoms with Crippen LogP contribution in [0.3, 0.4) is 0 Å². The van der Waals surface area contributed by atoms with Gasteiger partial charge in [0, 0.05) is 0 Å². The zero-order valence-electron chi connectivity index (χ0n) is 17.7. The van der Waals surface area contributed by atoms with Crippen molar-refractivity contribution >= 4 is 51.7 Å². The van der Waals surface area contributed by atoms with Gasteiger partial charge in [0.15, 0.2) is 11.2 Å². The summed E-state index contributed by atoms with van der Waals surface area (Å²) in [5.41, 5.74) is 0.943. The second-order valence-corrected chi connectivity index (χ2v) is 7.77. The number of anilines is 2. The Bertz CT molecular complexity index is 1090. The van der Waals surface area contributed by atoms with E-state index in [0.29, 0.717) is 11.4 Å². The minimum atomic E-state index is -1.15. The van der Waals surface area contributed by atoms with Crippen molar-refractivity contribution in [1.82, 2.24) is 4.98 Å². The molecule has 2 amide bonds. The highest BCUT2D eigenvalue weighted by molar-refractivity contribution is 7.17. The minimum absolute atomic E-state index is 0.163. The number of ketones is 1.